The van der Waals surface area contributed by atoms with E-state index in [1.54, 1.807) is 12.1 Å². The van der Waals surface area contributed by atoms with Gasteiger partial charge in [0.2, 0.25) is 0 Å². The zero-order valence-electron chi connectivity index (χ0n) is 11.6. The molecule has 2 N–H and O–H groups in total. The fraction of sp³-hybridized carbons (Fsp3) is 0.429. The molecule has 1 aromatic rings. The van der Waals surface area contributed by atoms with E-state index in [2.05, 4.69) is 5.32 Å². The van der Waals surface area contributed by atoms with Gasteiger partial charge in [0.25, 0.3) is 0 Å². The first kappa shape index (κ1) is 15.6. The van der Waals surface area contributed by atoms with Crippen molar-refractivity contribution in [1.29, 1.82) is 0 Å². The summed E-state index contributed by atoms with van der Waals surface area (Å²) < 4.78 is 5.09. The van der Waals surface area contributed by atoms with Gasteiger partial charge in [-0.2, -0.15) is 0 Å². The van der Waals surface area contributed by atoms with Crippen LogP contribution in [0.15, 0.2) is 24.3 Å². The summed E-state index contributed by atoms with van der Waals surface area (Å²) in [6.07, 6.45) is -0.963. The van der Waals surface area contributed by atoms with Gasteiger partial charge in [0, 0.05) is 11.6 Å². The molecular formula is C14H17ClN2O4. The predicted octanol–water partition coefficient (Wildman–Crippen LogP) is 1.90. The van der Waals surface area contributed by atoms with Crippen molar-refractivity contribution in [1.82, 2.24) is 10.2 Å². The van der Waals surface area contributed by atoms with Gasteiger partial charge >= 0.3 is 12.0 Å². The van der Waals surface area contributed by atoms with Crippen LogP contribution in [0.2, 0.25) is 5.02 Å². The molecule has 0 radical (unpaired) electrons. The zero-order chi connectivity index (χ0) is 15.4. The number of aliphatic carboxylic acids is 1. The van der Waals surface area contributed by atoms with E-state index in [0.717, 1.165) is 5.56 Å². The van der Waals surface area contributed by atoms with Gasteiger partial charge in [-0.1, -0.05) is 23.7 Å². The summed E-state index contributed by atoms with van der Waals surface area (Å²) in [5.74, 6) is -1.06. The minimum absolute atomic E-state index is 0.0501. The molecule has 7 heteroatoms. The molecule has 1 heterocycles. The van der Waals surface area contributed by atoms with Gasteiger partial charge in [-0.15, -0.1) is 0 Å². The van der Waals surface area contributed by atoms with Gasteiger partial charge in [-0.25, -0.2) is 9.59 Å². The number of benzene rings is 1. The van der Waals surface area contributed by atoms with E-state index < -0.39 is 12.1 Å². The van der Waals surface area contributed by atoms with Crippen molar-refractivity contribution in [3.63, 3.8) is 0 Å². The van der Waals surface area contributed by atoms with E-state index >= 15 is 0 Å². The number of carboxylic acids is 1. The summed E-state index contributed by atoms with van der Waals surface area (Å²) in [5, 5.41) is 12.4. The first-order chi connectivity index (χ1) is 9.97. The molecule has 2 amide bonds. The quantitative estimate of drug-likeness (QED) is 0.893. The molecule has 1 aliphatic rings. The van der Waals surface area contributed by atoms with E-state index in [-0.39, 0.29) is 25.2 Å². The average molecular weight is 313 g/mol. The van der Waals surface area contributed by atoms with E-state index in [1.165, 1.54) is 4.90 Å². The SMILES string of the molecule is CC(NC(=O)N1CCOC(C(=O)O)C1)c1ccc(Cl)cc1. The Bertz CT molecular complexity index is 520. The Balaban J connectivity index is 1.94. The third-order valence-electron chi connectivity index (χ3n) is 3.34. The standard InChI is InChI=1S/C14H17ClN2O4/c1-9(10-2-4-11(15)5-3-10)16-14(20)17-6-7-21-12(8-17)13(18)19/h2-5,9,12H,6-8H2,1H3,(H,16,20)(H,18,19). The first-order valence-electron chi connectivity index (χ1n) is 6.62. The van der Waals surface area contributed by atoms with Gasteiger partial charge < -0.3 is 20.1 Å². The van der Waals surface area contributed by atoms with E-state index in [4.69, 9.17) is 21.4 Å². The van der Waals surface area contributed by atoms with Crippen molar-refractivity contribution < 1.29 is 19.4 Å². The minimum Gasteiger partial charge on any atom is -0.479 e. The molecule has 0 saturated carbocycles. The zero-order valence-corrected chi connectivity index (χ0v) is 12.3. The predicted molar refractivity (Wildman–Crippen MR) is 77.3 cm³/mol. The summed E-state index contributed by atoms with van der Waals surface area (Å²) in [6, 6.07) is 6.70. The molecule has 0 spiro atoms. The number of halogens is 1. The number of morpholine rings is 1. The van der Waals surface area contributed by atoms with Crippen LogP contribution in [0.25, 0.3) is 0 Å². The Morgan fingerprint density at radius 1 is 1.43 bits per heavy atom. The second-order valence-electron chi connectivity index (χ2n) is 4.87. The van der Waals surface area contributed by atoms with Crippen molar-refractivity contribution >= 4 is 23.6 Å². The van der Waals surface area contributed by atoms with Crippen LogP contribution in [0.1, 0.15) is 18.5 Å². The van der Waals surface area contributed by atoms with Crippen LogP contribution in [0, 0.1) is 0 Å². The molecule has 2 rings (SSSR count). The molecule has 2 unspecified atom stereocenters. The number of carbonyl (C=O) groups excluding carboxylic acids is 1. The second kappa shape index (κ2) is 6.78. The molecule has 114 valence electrons. The van der Waals surface area contributed by atoms with E-state index in [9.17, 15) is 9.59 Å². The molecule has 0 aliphatic carbocycles. The van der Waals surface area contributed by atoms with Crippen LogP contribution in [0.4, 0.5) is 4.79 Å². The van der Waals surface area contributed by atoms with Crippen LogP contribution in [-0.4, -0.2) is 47.8 Å². The lowest BCUT2D eigenvalue weighted by Crippen LogP contribution is -2.52. The Morgan fingerprint density at radius 3 is 2.71 bits per heavy atom. The number of rotatable bonds is 3. The molecule has 6 nitrogen and oxygen atoms in total. The fourth-order valence-electron chi connectivity index (χ4n) is 2.09. The van der Waals surface area contributed by atoms with Crippen LogP contribution >= 0.6 is 11.6 Å². The molecule has 1 saturated heterocycles. The molecule has 1 fully saturated rings. The van der Waals surface area contributed by atoms with E-state index in [1.807, 2.05) is 19.1 Å². The third kappa shape index (κ3) is 4.09. The number of urea groups is 1. The summed E-state index contributed by atoms with van der Waals surface area (Å²) in [6.45, 7) is 2.51. The molecular weight excluding hydrogens is 296 g/mol. The highest BCUT2D eigenvalue weighted by Gasteiger charge is 2.29. The van der Waals surface area contributed by atoms with Gasteiger partial charge in [-0.3, -0.25) is 0 Å². The lowest BCUT2D eigenvalue weighted by atomic mass is 10.1. The van der Waals surface area contributed by atoms with E-state index in [0.29, 0.717) is 11.6 Å². The molecule has 0 bridgehead atoms. The number of carboxylic acid groups (broad SMARTS) is 1. The van der Waals surface area contributed by atoms with Gasteiger partial charge in [-0.05, 0) is 24.6 Å². The molecule has 1 aliphatic heterocycles. The Kier molecular flexibility index (Phi) is 5.03. The average Bonchev–Trinajstić information content (AvgIpc) is 2.48. The molecule has 1 aromatic carbocycles. The van der Waals surface area contributed by atoms with Crippen molar-refractivity contribution in [2.75, 3.05) is 19.7 Å². The summed E-state index contributed by atoms with van der Waals surface area (Å²) in [7, 11) is 0. The van der Waals surface area contributed by atoms with Crippen molar-refractivity contribution in [2.24, 2.45) is 0 Å². The Hall–Kier alpha value is -1.79. The number of carbonyl (C=O) groups is 2. The number of amides is 2. The topological polar surface area (TPSA) is 78.9 Å². The van der Waals surface area contributed by atoms with Crippen LogP contribution in [0.3, 0.4) is 0 Å². The minimum atomic E-state index is -1.06. The van der Waals surface area contributed by atoms with Gasteiger partial charge in [0.1, 0.15) is 0 Å². The van der Waals surface area contributed by atoms with Gasteiger partial charge in [0.15, 0.2) is 6.10 Å². The highest BCUT2D eigenvalue weighted by Crippen LogP contribution is 2.16. The number of nitrogens with zero attached hydrogens (tertiary/aromatic N) is 1. The smallest absolute Gasteiger partial charge is 0.334 e. The lowest BCUT2D eigenvalue weighted by Gasteiger charge is -2.31. The highest BCUT2D eigenvalue weighted by atomic mass is 35.5. The highest BCUT2D eigenvalue weighted by molar-refractivity contribution is 6.30. The normalized spacial score (nSPS) is 19.9. The number of hydrogen-bond donors (Lipinski definition) is 2. The molecule has 0 aromatic heterocycles. The number of ether oxygens (including phenoxy) is 1. The largest absolute Gasteiger partial charge is 0.479 e. The van der Waals surface area contributed by atoms with Gasteiger partial charge in [0.05, 0.1) is 19.2 Å². The Labute approximate surface area is 127 Å². The van der Waals surface area contributed by atoms with Crippen molar-refractivity contribution in [3.8, 4) is 0 Å². The summed E-state index contributed by atoms with van der Waals surface area (Å²) in [5.41, 5.74) is 0.927. The number of hydrogen-bond acceptors (Lipinski definition) is 3. The lowest BCUT2D eigenvalue weighted by molar-refractivity contribution is -0.154. The monoisotopic (exact) mass is 312 g/mol. The number of nitrogens with one attached hydrogen (secondary N) is 1. The fourth-order valence-corrected chi connectivity index (χ4v) is 2.22. The maximum Gasteiger partial charge on any atom is 0.334 e. The first-order valence-corrected chi connectivity index (χ1v) is 7.00. The Morgan fingerprint density at radius 2 is 2.10 bits per heavy atom. The van der Waals surface area contributed by atoms with Crippen molar-refractivity contribution in [2.45, 2.75) is 19.1 Å². The van der Waals surface area contributed by atoms with Crippen LogP contribution in [-0.2, 0) is 9.53 Å². The second-order valence-corrected chi connectivity index (χ2v) is 5.30. The molecule has 21 heavy (non-hydrogen) atoms. The maximum absolute atomic E-state index is 12.2. The third-order valence-corrected chi connectivity index (χ3v) is 3.59. The summed E-state index contributed by atoms with van der Waals surface area (Å²) in [4.78, 5) is 24.5. The summed E-state index contributed by atoms with van der Waals surface area (Å²) >= 11 is 5.82. The van der Waals surface area contributed by atoms with Crippen molar-refractivity contribution in [3.05, 3.63) is 34.9 Å². The van der Waals surface area contributed by atoms with Crippen LogP contribution < -0.4 is 5.32 Å². The van der Waals surface area contributed by atoms with Crippen LogP contribution in [0.5, 0.6) is 0 Å². The maximum atomic E-state index is 12.2. The molecule has 2 atom stereocenters.